The monoisotopic (exact) mass is 210 g/mol. The van der Waals surface area contributed by atoms with Gasteiger partial charge in [-0.3, -0.25) is 0 Å². The number of hydrogen-bond donors (Lipinski definition) is 2. The first-order valence-corrected chi connectivity index (χ1v) is 6.28. The molecule has 2 aliphatic carbocycles. The van der Waals surface area contributed by atoms with E-state index < -0.39 is 0 Å². The number of amides is 2. The predicted octanol–water partition coefficient (Wildman–Crippen LogP) is 2.42. The Labute approximate surface area is 92.0 Å². The van der Waals surface area contributed by atoms with Crippen molar-refractivity contribution in [2.75, 3.05) is 6.54 Å². The molecule has 3 nitrogen and oxygen atoms in total. The number of carbonyl (C=O) groups is 1. The Morgan fingerprint density at radius 1 is 1.40 bits per heavy atom. The Balaban J connectivity index is 1.62. The predicted molar refractivity (Wildman–Crippen MR) is 60.7 cm³/mol. The van der Waals surface area contributed by atoms with Crippen molar-refractivity contribution in [3.05, 3.63) is 0 Å². The van der Waals surface area contributed by atoms with Crippen molar-refractivity contribution in [3.8, 4) is 0 Å². The molecule has 2 saturated carbocycles. The van der Waals surface area contributed by atoms with Crippen molar-refractivity contribution in [2.45, 2.75) is 57.9 Å². The molecule has 0 bridgehead atoms. The molecule has 0 aromatic carbocycles. The Morgan fingerprint density at radius 3 is 2.60 bits per heavy atom. The normalized spacial score (nSPS) is 23.0. The van der Waals surface area contributed by atoms with Crippen LogP contribution in [0.1, 0.15) is 51.9 Å². The minimum atomic E-state index is 0.0436. The number of urea groups is 1. The summed E-state index contributed by atoms with van der Waals surface area (Å²) in [4.78, 5) is 11.5. The zero-order valence-corrected chi connectivity index (χ0v) is 9.64. The summed E-state index contributed by atoms with van der Waals surface area (Å²) in [6.07, 6.45) is 8.67. The Hall–Kier alpha value is -0.730. The second kappa shape index (κ2) is 4.42. The van der Waals surface area contributed by atoms with Crippen molar-refractivity contribution in [3.63, 3.8) is 0 Å². The van der Waals surface area contributed by atoms with Crippen LogP contribution in [0.4, 0.5) is 4.79 Å². The molecule has 2 N–H and O–H groups in total. The molecule has 0 saturated heterocycles. The fourth-order valence-corrected chi connectivity index (χ4v) is 2.28. The zero-order chi connectivity index (χ0) is 10.7. The van der Waals surface area contributed by atoms with Gasteiger partial charge in [-0.1, -0.05) is 13.3 Å². The summed E-state index contributed by atoms with van der Waals surface area (Å²) in [5.41, 5.74) is 0.464. The van der Waals surface area contributed by atoms with Crippen LogP contribution in [0, 0.1) is 5.41 Å². The largest absolute Gasteiger partial charge is 0.338 e. The third-order valence-electron chi connectivity index (χ3n) is 3.80. The molecule has 2 aliphatic rings. The molecule has 0 aromatic heterocycles. The lowest BCUT2D eigenvalue weighted by Crippen LogP contribution is -2.46. The van der Waals surface area contributed by atoms with Gasteiger partial charge in [0.15, 0.2) is 0 Å². The van der Waals surface area contributed by atoms with E-state index in [1.165, 1.54) is 32.1 Å². The summed E-state index contributed by atoms with van der Waals surface area (Å²) >= 11 is 0. The van der Waals surface area contributed by atoms with Crippen molar-refractivity contribution in [1.82, 2.24) is 10.6 Å². The van der Waals surface area contributed by atoms with Gasteiger partial charge in [0.25, 0.3) is 0 Å². The molecular formula is C12H22N2O. The van der Waals surface area contributed by atoms with Gasteiger partial charge in [0.05, 0.1) is 0 Å². The Morgan fingerprint density at radius 2 is 2.13 bits per heavy atom. The van der Waals surface area contributed by atoms with Crippen LogP contribution < -0.4 is 10.6 Å². The van der Waals surface area contributed by atoms with E-state index in [1.54, 1.807) is 0 Å². The van der Waals surface area contributed by atoms with Crippen LogP contribution in [0.2, 0.25) is 0 Å². The van der Waals surface area contributed by atoms with E-state index in [2.05, 4.69) is 17.6 Å². The van der Waals surface area contributed by atoms with Gasteiger partial charge in [-0.2, -0.15) is 0 Å². The standard InChI is InChI=1S/C12H22N2O/c1-2-6-12(7-8-12)9-13-11(15)14-10-4-3-5-10/h10H,2-9H2,1H3,(H2,13,14,15). The van der Waals surface area contributed by atoms with Crippen LogP contribution in [0.3, 0.4) is 0 Å². The fourth-order valence-electron chi connectivity index (χ4n) is 2.28. The number of rotatable bonds is 5. The number of carbonyl (C=O) groups excluding carboxylic acids is 1. The van der Waals surface area contributed by atoms with E-state index in [4.69, 9.17) is 0 Å². The lowest BCUT2D eigenvalue weighted by atomic mass is 9.93. The minimum absolute atomic E-state index is 0.0436. The molecule has 86 valence electrons. The molecule has 3 heteroatoms. The highest BCUT2D eigenvalue weighted by atomic mass is 16.2. The Bertz CT molecular complexity index is 232. The fraction of sp³-hybridized carbons (Fsp3) is 0.917. The van der Waals surface area contributed by atoms with E-state index in [0.717, 1.165) is 19.4 Å². The van der Waals surface area contributed by atoms with Crippen molar-refractivity contribution >= 4 is 6.03 Å². The molecule has 0 aromatic rings. The second-order valence-electron chi connectivity index (χ2n) is 5.20. The summed E-state index contributed by atoms with van der Waals surface area (Å²) in [6, 6.07) is 0.494. The van der Waals surface area contributed by atoms with Gasteiger partial charge in [0.1, 0.15) is 0 Å². The van der Waals surface area contributed by atoms with Gasteiger partial charge >= 0.3 is 6.03 Å². The van der Waals surface area contributed by atoms with Crippen molar-refractivity contribution in [1.29, 1.82) is 0 Å². The molecule has 2 fully saturated rings. The van der Waals surface area contributed by atoms with Crippen molar-refractivity contribution in [2.24, 2.45) is 5.41 Å². The summed E-state index contributed by atoms with van der Waals surface area (Å²) in [6.45, 7) is 3.09. The smallest absolute Gasteiger partial charge is 0.315 e. The molecule has 0 heterocycles. The van der Waals surface area contributed by atoms with E-state index >= 15 is 0 Å². The molecule has 0 atom stereocenters. The highest BCUT2D eigenvalue weighted by molar-refractivity contribution is 5.74. The molecular weight excluding hydrogens is 188 g/mol. The molecule has 0 spiro atoms. The molecule has 0 radical (unpaired) electrons. The zero-order valence-electron chi connectivity index (χ0n) is 9.64. The van der Waals surface area contributed by atoms with Crippen LogP contribution in [0.15, 0.2) is 0 Å². The highest BCUT2D eigenvalue weighted by Gasteiger charge is 2.41. The maximum atomic E-state index is 11.5. The molecule has 15 heavy (non-hydrogen) atoms. The molecule has 2 amide bonds. The minimum Gasteiger partial charge on any atom is -0.338 e. The SMILES string of the molecule is CCCC1(CNC(=O)NC2CCC2)CC1. The summed E-state index contributed by atoms with van der Waals surface area (Å²) in [5, 5.41) is 6.03. The topological polar surface area (TPSA) is 41.1 Å². The average molecular weight is 210 g/mol. The summed E-state index contributed by atoms with van der Waals surface area (Å²) < 4.78 is 0. The molecule has 2 rings (SSSR count). The highest BCUT2D eigenvalue weighted by Crippen LogP contribution is 2.48. The third-order valence-corrected chi connectivity index (χ3v) is 3.80. The first kappa shape index (κ1) is 10.8. The van der Waals surface area contributed by atoms with Crippen molar-refractivity contribution < 1.29 is 4.79 Å². The van der Waals surface area contributed by atoms with Gasteiger partial charge in [0.2, 0.25) is 0 Å². The van der Waals surface area contributed by atoms with Gasteiger partial charge < -0.3 is 10.6 Å². The van der Waals surface area contributed by atoms with Gasteiger partial charge in [-0.05, 0) is 43.9 Å². The van der Waals surface area contributed by atoms with E-state index in [-0.39, 0.29) is 6.03 Å². The summed E-state index contributed by atoms with van der Waals surface area (Å²) in [7, 11) is 0. The lowest BCUT2D eigenvalue weighted by Gasteiger charge is -2.27. The van der Waals surface area contributed by atoms with E-state index in [1.807, 2.05) is 0 Å². The van der Waals surface area contributed by atoms with Crippen LogP contribution in [0.25, 0.3) is 0 Å². The van der Waals surface area contributed by atoms with E-state index in [9.17, 15) is 4.79 Å². The number of hydrogen-bond acceptors (Lipinski definition) is 1. The number of nitrogens with one attached hydrogen (secondary N) is 2. The van der Waals surface area contributed by atoms with Crippen LogP contribution in [-0.4, -0.2) is 18.6 Å². The van der Waals surface area contributed by atoms with Crippen LogP contribution >= 0.6 is 0 Å². The molecule has 0 unspecified atom stereocenters. The first-order valence-electron chi connectivity index (χ1n) is 6.28. The molecule has 0 aliphatic heterocycles. The summed E-state index contributed by atoms with van der Waals surface area (Å²) in [5.74, 6) is 0. The maximum absolute atomic E-state index is 11.5. The van der Waals surface area contributed by atoms with Crippen LogP contribution in [-0.2, 0) is 0 Å². The van der Waals surface area contributed by atoms with E-state index in [0.29, 0.717) is 11.5 Å². The third kappa shape index (κ3) is 2.86. The average Bonchev–Trinajstić information content (AvgIpc) is 2.90. The second-order valence-corrected chi connectivity index (χ2v) is 5.20. The van der Waals surface area contributed by atoms with Crippen LogP contribution in [0.5, 0.6) is 0 Å². The van der Waals surface area contributed by atoms with Gasteiger partial charge in [-0.25, -0.2) is 4.79 Å². The van der Waals surface area contributed by atoms with Gasteiger partial charge in [-0.15, -0.1) is 0 Å². The van der Waals surface area contributed by atoms with Gasteiger partial charge in [0, 0.05) is 12.6 Å². The lowest BCUT2D eigenvalue weighted by molar-refractivity contribution is 0.225. The Kier molecular flexibility index (Phi) is 3.17. The maximum Gasteiger partial charge on any atom is 0.315 e. The first-order chi connectivity index (χ1) is 7.24. The quantitative estimate of drug-likeness (QED) is 0.719.